The summed E-state index contributed by atoms with van der Waals surface area (Å²) in [5, 5.41) is 3.08. The second-order valence-corrected chi connectivity index (χ2v) is 12.7. The Morgan fingerprint density at radius 3 is 2.00 bits per heavy atom. The van der Waals surface area contributed by atoms with Gasteiger partial charge in [0.1, 0.15) is 16.0 Å². The van der Waals surface area contributed by atoms with E-state index in [4.69, 9.17) is 69.6 Å². The maximum atomic E-state index is 14.5. The molecule has 1 amide bonds. The van der Waals surface area contributed by atoms with Gasteiger partial charge in [-0.1, -0.05) is 46.4 Å². The number of ketones is 2. The molecule has 0 spiro atoms. The Morgan fingerprint density at radius 2 is 1.43 bits per heavy atom. The maximum absolute atomic E-state index is 14.5. The molecule has 0 unspecified atom stereocenters. The minimum Gasteiger partial charge on any atom is -0.326 e. The fourth-order valence-electron chi connectivity index (χ4n) is 4.54. The van der Waals surface area contributed by atoms with Crippen molar-refractivity contribution in [3.05, 3.63) is 95.9 Å². The molecule has 0 radical (unpaired) electrons. The van der Waals surface area contributed by atoms with Crippen LogP contribution in [0.25, 0.3) is 0 Å². The Morgan fingerprint density at radius 1 is 0.857 bits per heavy atom. The van der Waals surface area contributed by atoms with Crippen molar-refractivity contribution in [1.29, 1.82) is 0 Å². The average Bonchev–Trinajstić information content (AvgIpc) is 3.48. The molecule has 42 heavy (non-hydrogen) atoms. The molecular weight excluding hydrogens is 687 g/mol. The summed E-state index contributed by atoms with van der Waals surface area (Å²) in [6.07, 6.45) is -4.96. The largest absolute Gasteiger partial charge is 0.326 e. The van der Waals surface area contributed by atoms with Crippen molar-refractivity contribution in [3.8, 4) is 0 Å². The monoisotopic (exact) mass is 701 g/mol. The van der Waals surface area contributed by atoms with E-state index in [1.807, 2.05) is 0 Å². The Labute approximate surface area is 267 Å². The third-order valence-corrected chi connectivity index (χ3v) is 9.34. The van der Waals surface area contributed by atoms with Gasteiger partial charge in [0, 0.05) is 36.1 Å². The molecule has 4 rings (SSSR count). The van der Waals surface area contributed by atoms with Crippen LogP contribution in [0.1, 0.15) is 38.5 Å². The molecule has 0 bridgehead atoms. The highest BCUT2D eigenvalue weighted by atomic mass is 35.5. The third kappa shape index (κ3) is 6.69. The van der Waals surface area contributed by atoms with E-state index in [0.29, 0.717) is 17.2 Å². The van der Waals surface area contributed by atoms with Gasteiger partial charge in [-0.3, -0.25) is 14.4 Å². The summed E-state index contributed by atoms with van der Waals surface area (Å²) in [5.74, 6) is -6.82. The molecular formula is C28H17Cl6F4NO3. The van der Waals surface area contributed by atoms with E-state index in [0.717, 1.165) is 6.07 Å². The van der Waals surface area contributed by atoms with Gasteiger partial charge in [0.2, 0.25) is 11.7 Å². The number of anilines is 1. The summed E-state index contributed by atoms with van der Waals surface area (Å²) in [7, 11) is 0. The number of Topliss-reactive ketones (excluding diaryl/α,β-unsaturated/α-hetero) is 2. The number of hydrogen-bond acceptors (Lipinski definition) is 3. The van der Waals surface area contributed by atoms with Crippen LogP contribution < -0.4 is 5.32 Å². The van der Waals surface area contributed by atoms with Gasteiger partial charge < -0.3 is 5.32 Å². The normalized spacial score (nSPS) is 17.3. The van der Waals surface area contributed by atoms with Gasteiger partial charge in [0.15, 0.2) is 5.78 Å². The summed E-state index contributed by atoms with van der Waals surface area (Å²) >= 11 is 37.4. The summed E-state index contributed by atoms with van der Waals surface area (Å²) in [6, 6.07) is 7.01. The van der Waals surface area contributed by atoms with Crippen molar-refractivity contribution >= 4 is 92.8 Å². The molecule has 1 fully saturated rings. The van der Waals surface area contributed by atoms with Gasteiger partial charge in [0.05, 0.1) is 26.0 Å². The highest BCUT2D eigenvalue weighted by Gasteiger charge is 2.67. The first-order valence-corrected chi connectivity index (χ1v) is 14.2. The van der Waals surface area contributed by atoms with E-state index in [-0.39, 0.29) is 36.9 Å². The molecule has 2 atom stereocenters. The molecule has 0 aromatic heterocycles. The zero-order chi connectivity index (χ0) is 31.3. The zero-order valence-corrected chi connectivity index (χ0v) is 25.7. The minimum absolute atomic E-state index is 0.00685. The van der Waals surface area contributed by atoms with E-state index in [1.54, 1.807) is 6.92 Å². The first-order chi connectivity index (χ1) is 19.5. The highest BCUT2D eigenvalue weighted by molar-refractivity contribution is 6.54. The van der Waals surface area contributed by atoms with E-state index < -0.39 is 70.1 Å². The highest BCUT2D eigenvalue weighted by Crippen LogP contribution is 2.65. The van der Waals surface area contributed by atoms with Crippen molar-refractivity contribution in [3.63, 3.8) is 0 Å². The average molecular weight is 704 g/mol. The summed E-state index contributed by atoms with van der Waals surface area (Å²) in [4.78, 5) is 37.7. The Bertz CT molecular complexity index is 1610. The lowest BCUT2D eigenvalue weighted by atomic mass is 9.97. The summed E-state index contributed by atoms with van der Waals surface area (Å²) in [5.41, 5.74) is 0.0888. The van der Waals surface area contributed by atoms with Gasteiger partial charge in [-0.25, -0.2) is 17.6 Å². The van der Waals surface area contributed by atoms with E-state index in [1.165, 1.54) is 24.3 Å². The number of carbonyl (C=O) groups is 3. The SMILES string of the molecule is Cc1cc(NC(=O)[C@H]2[C@H](c3cc(Cl)c(Cl)c(Cl)c3)C2(Cl)Cl)cc(C(=O)Cc2cc(CC(=O)C(F)F)c(F)cc2F)c1Cl. The van der Waals surface area contributed by atoms with Crippen LogP contribution in [0.3, 0.4) is 0 Å². The number of nitrogens with one attached hydrogen (secondary N) is 1. The van der Waals surface area contributed by atoms with E-state index in [2.05, 4.69) is 5.32 Å². The third-order valence-electron chi connectivity index (χ3n) is 6.70. The zero-order valence-electron chi connectivity index (χ0n) is 21.1. The Hall–Kier alpha value is -2.07. The van der Waals surface area contributed by atoms with Crippen LogP contribution in [0, 0.1) is 24.5 Å². The van der Waals surface area contributed by atoms with Crippen LogP contribution in [-0.4, -0.2) is 28.2 Å². The maximum Gasteiger partial charge on any atom is 0.296 e. The summed E-state index contributed by atoms with van der Waals surface area (Å²) in [6.45, 7) is 1.56. The number of benzene rings is 3. The van der Waals surface area contributed by atoms with Crippen molar-refractivity contribution in [2.75, 3.05) is 5.32 Å². The van der Waals surface area contributed by atoms with Crippen LogP contribution in [0.15, 0.2) is 36.4 Å². The number of halogens is 10. The molecule has 3 aromatic carbocycles. The first kappa shape index (κ1) is 32.8. The molecule has 1 N–H and O–H groups in total. The molecule has 1 saturated carbocycles. The summed E-state index contributed by atoms with van der Waals surface area (Å²) < 4.78 is 52.4. The van der Waals surface area contributed by atoms with Crippen LogP contribution in [-0.2, 0) is 22.4 Å². The second-order valence-electron chi connectivity index (χ2n) is 9.65. The predicted octanol–water partition coefficient (Wildman–Crippen LogP) is 9.21. The molecule has 1 aliphatic rings. The first-order valence-electron chi connectivity index (χ1n) is 12.0. The number of hydrogen-bond donors (Lipinski definition) is 1. The van der Waals surface area contributed by atoms with Gasteiger partial charge in [-0.15, -0.1) is 23.2 Å². The molecule has 0 heterocycles. The van der Waals surface area contributed by atoms with Gasteiger partial charge in [0.25, 0.3) is 6.43 Å². The quantitative estimate of drug-likeness (QED) is 0.105. The van der Waals surface area contributed by atoms with Crippen LogP contribution >= 0.6 is 69.6 Å². The molecule has 222 valence electrons. The molecule has 1 aliphatic carbocycles. The molecule has 14 heteroatoms. The lowest BCUT2D eigenvalue weighted by Gasteiger charge is -2.13. The van der Waals surface area contributed by atoms with Crippen molar-refractivity contribution in [2.45, 2.75) is 36.4 Å². The molecule has 4 nitrogen and oxygen atoms in total. The van der Waals surface area contributed by atoms with Gasteiger partial charge in [-0.2, -0.15) is 0 Å². The van der Waals surface area contributed by atoms with Crippen molar-refractivity contribution < 1.29 is 31.9 Å². The second kappa shape index (κ2) is 12.5. The standard InChI is InChI=1S/C28H17Cl6F4NO3/c1-10-2-14(39-27(42)23-22(28(23,33)34)13-4-16(29)25(32)17(30)5-13)8-15(24(10)31)20(40)6-11-3-12(7-21(41)26(37)38)19(36)9-18(11)35/h2-5,8-9,22-23,26H,6-7H2,1H3,(H,39,42)/t22-,23+/m0/s1. The molecule has 3 aromatic rings. The Kier molecular flexibility index (Phi) is 9.77. The van der Waals surface area contributed by atoms with Crippen molar-refractivity contribution in [2.24, 2.45) is 5.92 Å². The number of rotatable bonds is 9. The number of aryl methyl sites for hydroxylation is 1. The smallest absolute Gasteiger partial charge is 0.296 e. The van der Waals surface area contributed by atoms with Crippen LogP contribution in [0.2, 0.25) is 20.1 Å². The van der Waals surface area contributed by atoms with Crippen LogP contribution in [0.5, 0.6) is 0 Å². The minimum atomic E-state index is -3.34. The van der Waals surface area contributed by atoms with E-state index >= 15 is 0 Å². The number of amides is 1. The van der Waals surface area contributed by atoms with Gasteiger partial charge >= 0.3 is 0 Å². The predicted molar refractivity (Wildman–Crippen MR) is 156 cm³/mol. The fourth-order valence-corrected chi connectivity index (χ4v) is 6.19. The fraction of sp³-hybridized carbons (Fsp3) is 0.250. The topological polar surface area (TPSA) is 63.2 Å². The molecule has 0 saturated heterocycles. The van der Waals surface area contributed by atoms with Gasteiger partial charge in [-0.05, 0) is 59.5 Å². The lowest BCUT2D eigenvalue weighted by Crippen LogP contribution is -2.18. The van der Waals surface area contributed by atoms with Crippen molar-refractivity contribution in [1.82, 2.24) is 0 Å². The molecule has 0 aliphatic heterocycles. The van der Waals surface area contributed by atoms with E-state index in [9.17, 15) is 31.9 Å². The van der Waals surface area contributed by atoms with Crippen LogP contribution in [0.4, 0.5) is 23.2 Å². The number of carbonyl (C=O) groups excluding carboxylic acids is 3. The Balaban J connectivity index is 1.56. The number of alkyl halides is 4. The lowest BCUT2D eigenvalue weighted by molar-refractivity contribution is -0.128.